The molecule has 2 aliphatic carbocycles. The molecule has 4 unspecified atom stereocenters. The van der Waals surface area contributed by atoms with Gasteiger partial charge in [0.25, 0.3) is 0 Å². The lowest BCUT2D eigenvalue weighted by Gasteiger charge is -2.18. The molecule has 1 heterocycles. The van der Waals surface area contributed by atoms with Gasteiger partial charge in [-0.25, -0.2) is 9.38 Å². The van der Waals surface area contributed by atoms with Crippen LogP contribution in [0.4, 0.5) is 4.39 Å². The van der Waals surface area contributed by atoms with Gasteiger partial charge in [-0.3, -0.25) is 14.5 Å². The summed E-state index contributed by atoms with van der Waals surface area (Å²) in [5, 5.41) is 15.1. The summed E-state index contributed by atoms with van der Waals surface area (Å²) in [5.74, 6) is 0.165. The predicted molar refractivity (Wildman–Crippen MR) is 113 cm³/mol. The van der Waals surface area contributed by atoms with E-state index in [2.05, 4.69) is 27.8 Å². The lowest BCUT2D eigenvalue weighted by Crippen LogP contribution is -2.40. The van der Waals surface area contributed by atoms with Crippen molar-refractivity contribution in [3.63, 3.8) is 0 Å². The van der Waals surface area contributed by atoms with Crippen LogP contribution in [0.5, 0.6) is 0 Å². The number of aliphatic imine (C=N–C) groups is 1. The third-order valence-electron chi connectivity index (χ3n) is 6.35. The number of carbonyl (C=O) groups excluding carboxylic acids is 2. The molecular formula is C23H26FN5O2. The van der Waals surface area contributed by atoms with E-state index in [1.165, 1.54) is 11.0 Å². The summed E-state index contributed by atoms with van der Waals surface area (Å²) in [5.41, 5.74) is 0.674. The summed E-state index contributed by atoms with van der Waals surface area (Å²) in [6.45, 7) is 3.63. The normalized spacial score (nSPS) is 26.4. The number of allylic oxidation sites excluding steroid dienone is 2. The first-order valence-electron chi connectivity index (χ1n) is 10.8. The largest absolute Gasteiger partial charge is 0.357 e. The van der Waals surface area contributed by atoms with Crippen molar-refractivity contribution in [3.8, 4) is 6.07 Å². The second-order valence-corrected chi connectivity index (χ2v) is 8.22. The molecule has 2 amide bonds. The topological polar surface area (TPSA) is 97.6 Å². The minimum atomic E-state index is -0.460. The molecular weight excluding hydrogens is 397 g/mol. The Balaban J connectivity index is 1.28. The standard InChI is InChI=1S/C23H26FN5O2/c1-2-26-23(28-13-17-5-4-14(12-25)10-18(17)24)27-8-3-9-29-21(30)19-15-6-7-16(11-15)20(19)22(29)31/h4-7,10,15-16,19-20H,2-3,8-9,11,13H2,1H3,(H2,26,27,28). The number of benzene rings is 1. The van der Waals surface area contributed by atoms with E-state index in [9.17, 15) is 14.0 Å². The highest BCUT2D eigenvalue weighted by molar-refractivity contribution is 6.06. The number of nitrogens with one attached hydrogen (secondary N) is 2. The predicted octanol–water partition coefficient (Wildman–Crippen LogP) is 1.95. The molecule has 7 nitrogen and oxygen atoms in total. The highest BCUT2D eigenvalue weighted by Gasteiger charge is 2.58. The first-order chi connectivity index (χ1) is 15.0. The number of imide groups is 1. The number of halogens is 1. The number of carbonyl (C=O) groups is 2. The molecule has 0 aromatic heterocycles. The van der Waals surface area contributed by atoms with Crippen LogP contribution in [0.2, 0.25) is 0 Å². The highest BCUT2D eigenvalue weighted by Crippen LogP contribution is 2.52. The molecule has 1 saturated carbocycles. The summed E-state index contributed by atoms with van der Waals surface area (Å²) in [4.78, 5) is 31.2. The van der Waals surface area contributed by atoms with Crippen LogP contribution in [0.15, 0.2) is 35.3 Å². The molecule has 3 aliphatic rings. The number of nitriles is 1. The molecule has 2 bridgehead atoms. The fourth-order valence-corrected chi connectivity index (χ4v) is 4.88. The third kappa shape index (κ3) is 4.05. The van der Waals surface area contributed by atoms with Crippen LogP contribution < -0.4 is 10.6 Å². The van der Waals surface area contributed by atoms with Crippen LogP contribution in [-0.4, -0.2) is 42.3 Å². The van der Waals surface area contributed by atoms with Crippen molar-refractivity contribution < 1.29 is 14.0 Å². The quantitative estimate of drug-likeness (QED) is 0.230. The van der Waals surface area contributed by atoms with Crippen LogP contribution in [0.1, 0.15) is 30.9 Å². The third-order valence-corrected chi connectivity index (χ3v) is 6.35. The number of rotatable bonds is 7. The second kappa shape index (κ2) is 8.88. The van der Waals surface area contributed by atoms with E-state index in [-0.39, 0.29) is 47.6 Å². The maximum Gasteiger partial charge on any atom is 0.233 e. The number of guanidine groups is 1. The molecule has 31 heavy (non-hydrogen) atoms. The Hall–Kier alpha value is -3.21. The van der Waals surface area contributed by atoms with E-state index in [1.54, 1.807) is 12.1 Å². The molecule has 2 N–H and O–H groups in total. The minimum Gasteiger partial charge on any atom is -0.357 e. The van der Waals surface area contributed by atoms with Crippen LogP contribution in [0.25, 0.3) is 0 Å². The maximum atomic E-state index is 14.0. The number of fused-ring (bicyclic) bond motifs is 5. The number of nitrogens with zero attached hydrogens (tertiary/aromatic N) is 3. The average Bonchev–Trinajstić information content (AvgIpc) is 3.44. The molecule has 1 aromatic rings. The van der Waals surface area contributed by atoms with E-state index >= 15 is 0 Å². The van der Waals surface area contributed by atoms with Crippen molar-refractivity contribution in [2.24, 2.45) is 28.7 Å². The van der Waals surface area contributed by atoms with Gasteiger partial charge in [-0.15, -0.1) is 0 Å². The Labute approximate surface area is 181 Å². The molecule has 4 rings (SSSR count). The highest BCUT2D eigenvalue weighted by atomic mass is 19.1. The molecule has 0 spiro atoms. The van der Waals surface area contributed by atoms with Gasteiger partial charge in [0, 0.05) is 25.2 Å². The van der Waals surface area contributed by atoms with Crippen molar-refractivity contribution in [2.75, 3.05) is 19.6 Å². The Kier molecular flexibility index (Phi) is 6.03. The molecule has 0 radical (unpaired) electrons. The van der Waals surface area contributed by atoms with Gasteiger partial charge in [0.15, 0.2) is 5.96 Å². The van der Waals surface area contributed by atoms with Gasteiger partial charge in [-0.2, -0.15) is 5.26 Å². The maximum absolute atomic E-state index is 14.0. The first kappa shape index (κ1) is 21.0. The Morgan fingerprint density at radius 2 is 1.94 bits per heavy atom. The van der Waals surface area contributed by atoms with Crippen LogP contribution >= 0.6 is 0 Å². The molecule has 1 aliphatic heterocycles. The monoisotopic (exact) mass is 423 g/mol. The van der Waals surface area contributed by atoms with Crippen LogP contribution in [0, 0.1) is 40.8 Å². The SMILES string of the molecule is CCNC(=NCc1ccc(C#N)cc1F)NCCCN1C(=O)C2C3C=CC(C3)C2C1=O. The van der Waals surface area contributed by atoms with Gasteiger partial charge in [-0.1, -0.05) is 18.2 Å². The average molecular weight is 423 g/mol. The van der Waals surface area contributed by atoms with Crippen molar-refractivity contribution >= 4 is 17.8 Å². The van der Waals surface area contributed by atoms with Gasteiger partial charge < -0.3 is 10.6 Å². The second-order valence-electron chi connectivity index (χ2n) is 8.22. The zero-order chi connectivity index (χ0) is 22.0. The first-order valence-corrected chi connectivity index (χ1v) is 10.8. The minimum absolute atomic E-state index is 0.0243. The zero-order valence-electron chi connectivity index (χ0n) is 17.5. The molecule has 1 aromatic carbocycles. The zero-order valence-corrected chi connectivity index (χ0v) is 17.5. The van der Waals surface area contributed by atoms with Crippen molar-refractivity contribution in [1.29, 1.82) is 5.26 Å². The molecule has 4 atom stereocenters. The summed E-state index contributed by atoms with van der Waals surface area (Å²) >= 11 is 0. The van der Waals surface area contributed by atoms with E-state index < -0.39 is 5.82 Å². The van der Waals surface area contributed by atoms with Gasteiger partial charge in [0.2, 0.25) is 11.8 Å². The van der Waals surface area contributed by atoms with Gasteiger partial charge in [-0.05, 0) is 43.7 Å². The van der Waals surface area contributed by atoms with Gasteiger partial charge in [0.1, 0.15) is 5.82 Å². The van der Waals surface area contributed by atoms with E-state index in [0.29, 0.717) is 37.6 Å². The summed E-state index contributed by atoms with van der Waals surface area (Å²) in [6.07, 6.45) is 5.73. The van der Waals surface area contributed by atoms with Gasteiger partial charge >= 0.3 is 0 Å². The van der Waals surface area contributed by atoms with Crippen molar-refractivity contribution in [3.05, 3.63) is 47.3 Å². The molecule has 2 fully saturated rings. The summed E-state index contributed by atoms with van der Waals surface area (Å²) in [6, 6.07) is 6.23. The Bertz CT molecular complexity index is 953. The van der Waals surface area contributed by atoms with Crippen molar-refractivity contribution in [2.45, 2.75) is 26.3 Å². The lowest BCUT2D eigenvalue weighted by molar-refractivity contribution is -0.140. The number of amides is 2. The lowest BCUT2D eigenvalue weighted by atomic mass is 9.85. The molecule has 8 heteroatoms. The molecule has 162 valence electrons. The van der Waals surface area contributed by atoms with E-state index in [4.69, 9.17) is 5.26 Å². The van der Waals surface area contributed by atoms with E-state index in [0.717, 1.165) is 6.42 Å². The van der Waals surface area contributed by atoms with Crippen LogP contribution in [0.3, 0.4) is 0 Å². The fourth-order valence-electron chi connectivity index (χ4n) is 4.88. The summed E-state index contributed by atoms with van der Waals surface area (Å²) < 4.78 is 14.0. The Morgan fingerprint density at radius 3 is 2.55 bits per heavy atom. The number of hydrogen-bond acceptors (Lipinski definition) is 4. The van der Waals surface area contributed by atoms with Crippen LogP contribution in [-0.2, 0) is 16.1 Å². The number of hydrogen-bond donors (Lipinski definition) is 2. The smallest absolute Gasteiger partial charge is 0.233 e. The van der Waals surface area contributed by atoms with E-state index in [1.807, 2.05) is 13.0 Å². The number of likely N-dealkylation sites (tertiary alicyclic amines) is 1. The summed E-state index contributed by atoms with van der Waals surface area (Å²) in [7, 11) is 0. The Morgan fingerprint density at radius 1 is 1.23 bits per heavy atom. The van der Waals surface area contributed by atoms with Crippen molar-refractivity contribution in [1.82, 2.24) is 15.5 Å². The fraction of sp³-hybridized carbons (Fsp3) is 0.478. The van der Waals surface area contributed by atoms with Gasteiger partial charge in [0.05, 0.1) is 30.0 Å². The molecule has 1 saturated heterocycles.